The minimum Gasteiger partial charge on any atom is -0.609 e. The van der Waals surface area contributed by atoms with E-state index in [-0.39, 0.29) is 0 Å². The molecule has 0 spiro atoms. The molecule has 3 aromatic rings. The fourth-order valence-electron chi connectivity index (χ4n) is 1.75. The Kier molecular flexibility index (Phi) is 2.73. The summed E-state index contributed by atoms with van der Waals surface area (Å²) in [4.78, 5) is 8.15. The van der Waals surface area contributed by atoms with Gasteiger partial charge in [-0.25, -0.2) is 4.52 Å². The van der Waals surface area contributed by atoms with Gasteiger partial charge < -0.3 is 4.55 Å². The number of hydrogen-bond donors (Lipinski definition) is 0. The van der Waals surface area contributed by atoms with Crippen LogP contribution in [0.4, 0.5) is 0 Å². The lowest BCUT2D eigenvalue weighted by atomic mass is 10.2. The molecular weight excluding hydrogens is 248 g/mol. The van der Waals surface area contributed by atoms with Gasteiger partial charge in [-0.05, 0) is 24.3 Å². The van der Waals surface area contributed by atoms with Crippen molar-refractivity contribution in [2.24, 2.45) is 0 Å². The standard InChI is InChI=1S/C12H10N4OS/c1-18(17)12-14-8-10-4-5-11(16(10)15-12)9-3-2-6-13-7-9/h2-8H,1H3. The monoisotopic (exact) mass is 258 g/mol. The van der Waals surface area contributed by atoms with E-state index in [1.165, 1.54) is 0 Å². The van der Waals surface area contributed by atoms with Crippen LogP contribution in [0.5, 0.6) is 0 Å². The van der Waals surface area contributed by atoms with Gasteiger partial charge in [-0.15, -0.1) is 0 Å². The van der Waals surface area contributed by atoms with E-state index in [2.05, 4.69) is 15.1 Å². The lowest BCUT2D eigenvalue weighted by molar-refractivity contribution is 0.587. The van der Waals surface area contributed by atoms with E-state index in [0.717, 1.165) is 16.8 Å². The molecule has 0 radical (unpaired) electrons. The zero-order chi connectivity index (χ0) is 12.5. The van der Waals surface area contributed by atoms with E-state index in [9.17, 15) is 4.55 Å². The number of pyridine rings is 1. The number of nitrogens with zero attached hydrogens (tertiary/aromatic N) is 4. The summed E-state index contributed by atoms with van der Waals surface area (Å²) in [6.45, 7) is 0. The summed E-state index contributed by atoms with van der Waals surface area (Å²) in [7, 11) is 0. The molecule has 0 bridgehead atoms. The second-order valence-electron chi connectivity index (χ2n) is 3.79. The highest BCUT2D eigenvalue weighted by atomic mass is 32.2. The number of rotatable bonds is 2. The smallest absolute Gasteiger partial charge is 0.359 e. The van der Waals surface area contributed by atoms with Crippen molar-refractivity contribution in [3.05, 3.63) is 42.9 Å². The molecule has 0 aliphatic heterocycles. The third-order valence-electron chi connectivity index (χ3n) is 2.59. The molecule has 0 saturated carbocycles. The second kappa shape index (κ2) is 4.40. The Morgan fingerprint density at radius 1 is 1.22 bits per heavy atom. The average Bonchev–Trinajstić information content (AvgIpc) is 2.82. The lowest BCUT2D eigenvalue weighted by Gasteiger charge is -2.04. The summed E-state index contributed by atoms with van der Waals surface area (Å²) in [5, 5.41) is 4.61. The van der Waals surface area contributed by atoms with Gasteiger partial charge in [0.25, 0.3) is 0 Å². The van der Waals surface area contributed by atoms with E-state index < -0.39 is 11.2 Å². The van der Waals surface area contributed by atoms with Crippen molar-refractivity contribution in [1.29, 1.82) is 0 Å². The summed E-state index contributed by atoms with van der Waals surface area (Å²) < 4.78 is 13.2. The first-order valence-corrected chi connectivity index (χ1v) is 6.90. The highest BCUT2D eigenvalue weighted by Gasteiger charge is 2.12. The first-order valence-electron chi connectivity index (χ1n) is 5.34. The molecule has 0 aromatic carbocycles. The molecule has 3 aromatic heterocycles. The minimum absolute atomic E-state index is 0.323. The molecule has 0 saturated heterocycles. The maximum Gasteiger partial charge on any atom is 0.359 e. The van der Waals surface area contributed by atoms with Crippen molar-refractivity contribution in [2.75, 3.05) is 6.26 Å². The lowest BCUT2D eigenvalue weighted by Crippen LogP contribution is -2.08. The second-order valence-corrected chi connectivity index (χ2v) is 5.07. The summed E-state index contributed by atoms with van der Waals surface area (Å²) in [5.74, 6) is 0. The Balaban J connectivity index is 2.21. The molecule has 0 fully saturated rings. The van der Waals surface area contributed by atoms with Crippen LogP contribution in [0.3, 0.4) is 0 Å². The molecule has 1 unspecified atom stereocenters. The van der Waals surface area contributed by atoms with Crippen molar-refractivity contribution in [3.8, 4) is 11.3 Å². The molecule has 18 heavy (non-hydrogen) atoms. The number of hydrogen-bond acceptors (Lipinski definition) is 4. The predicted molar refractivity (Wildman–Crippen MR) is 68.6 cm³/mol. The third-order valence-corrected chi connectivity index (χ3v) is 3.29. The zero-order valence-corrected chi connectivity index (χ0v) is 10.5. The van der Waals surface area contributed by atoms with E-state index in [1.807, 2.05) is 24.3 Å². The van der Waals surface area contributed by atoms with Crippen molar-refractivity contribution < 1.29 is 4.55 Å². The number of aromatic nitrogens is 4. The first-order chi connectivity index (χ1) is 8.75. The molecule has 0 amide bonds. The SMILES string of the molecule is C[S+]([O-])c1ncc2ccc(-c3cccnc3)n2n1. The summed E-state index contributed by atoms with van der Waals surface area (Å²) >= 11 is -1.19. The molecule has 3 heterocycles. The quantitative estimate of drug-likeness (QED) is 0.654. The highest BCUT2D eigenvalue weighted by Crippen LogP contribution is 2.20. The minimum atomic E-state index is -1.19. The van der Waals surface area contributed by atoms with Crippen molar-refractivity contribution in [2.45, 2.75) is 5.16 Å². The Hall–Kier alpha value is -1.92. The molecule has 1 atom stereocenters. The highest BCUT2D eigenvalue weighted by molar-refractivity contribution is 7.90. The molecule has 3 rings (SSSR count). The molecule has 0 aliphatic carbocycles. The Bertz CT molecular complexity index is 681. The average molecular weight is 258 g/mol. The van der Waals surface area contributed by atoms with Crippen LogP contribution in [0.15, 0.2) is 48.0 Å². The van der Waals surface area contributed by atoms with Crippen molar-refractivity contribution >= 4 is 16.7 Å². The maximum absolute atomic E-state index is 11.4. The Labute approximate surface area is 107 Å². The maximum atomic E-state index is 11.4. The molecule has 0 aliphatic rings. The molecular formula is C12H10N4OS. The van der Waals surface area contributed by atoms with Gasteiger partial charge in [-0.2, -0.15) is 4.98 Å². The van der Waals surface area contributed by atoms with Gasteiger partial charge >= 0.3 is 5.16 Å². The van der Waals surface area contributed by atoms with Gasteiger partial charge in [0, 0.05) is 29.1 Å². The normalized spacial score (nSPS) is 12.8. The van der Waals surface area contributed by atoms with Gasteiger partial charge in [0.15, 0.2) is 0 Å². The van der Waals surface area contributed by atoms with Gasteiger partial charge in [0.2, 0.25) is 0 Å². The fourth-order valence-corrected chi connectivity index (χ4v) is 2.15. The zero-order valence-electron chi connectivity index (χ0n) is 9.65. The fraction of sp³-hybridized carbons (Fsp3) is 0.0833. The van der Waals surface area contributed by atoms with Crippen LogP contribution in [0.1, 0.15) is 0 Å². The largest absolute Gasteiger partial charge is 0.609 e. The summed E-state index contributed by atoms with van der Waals surface area (Å²) in [6.07, 6.45) is 6.73. The van der Waals surface area contributed by atoms with Crippen LogP contribution in [0, 0.1) is 0 Å². The van der Waals surface area contributed by atoms with Gasteiger partial charge in [-0.1, -0.05) is 5.10 Å². The molecule has 6 heteroatoms. The van der Waals surface area contributed by atoms with Crippen LogP contribution in [0.25, 0.3) is 16.8 Å². The van der Waals surface area contributed by atoms with Gasteiger partial charge in [0.1, 0.15) is 6.26 Å². The van der Waals surface area contributed by atoms with E-state index in [0.29, 0.717) is 5.16 Å². The van der Waals surface area contributed by atoms with Crippen molar-refractivity contribution in [3.63, 3.8) is 0 Å². The molecule has 0 N–H and O–H groups in total. The summed E-state index contributed by atoms with van der Waals surface area (Å²) in [6, 6.07) is 7.70. The predicted octanol–water partition coefficient (Wildman–Crippen LogP) is 1.53. The van der Waals surface area contributed by atoms with Crippen LogP contribution in [0.2, 0.25) is 0 Å². The van der Waals surface area contributed by atoms with E-state index in [4.69, 9.17) is 0 Å². The third kappa shape index (κ3) is 1.85. The van der Waals surface area contributed by atoms with Gasteiger partial charge in [-0.3, -0.25) is 4.98 Å². The van der Waals surface area contributed by atoms with E-state index >= 15 is 0 Å². The van der Waals surface area contributed by atoms with Crippen molar-refractivity contribution in [1.82, 2.24) is 19.6 Å². The summed E-state index contributed by atoms with van der Waals surface area (Å²) in [5.41, 5.74) is 2.74. The first kappa shape index (κ1) is 11.2. The topological polar surface area (TPSA) is 66.1 Å². The molecule has 90 valence electrons. The Morgan fingerprint density at radius 2 is 2.11 bits per heavy atom. The van der Waals surface area contributed by atoms with Crippen LogP contribution in [-0.2, 0) is 11.2 Å². The van der Waals surface area contributed by atoms with Crippen LogP contribution >= 0.6 is 0 Å². The van der Waals surface area contributed by atoms with Crippen LogP contribution < -0.4 is 0 Å². The van der Waals surface area contributed by atoms with Crippen LogP contribution in [-0.4, -0.2) is 30.4 Å². The van der Waals surface area contributed by atoms with Gasteiger partial charge in [0.05, 0.1) is 17.4 Å². The van der Waals surface area contributed by atoms with E-state index in [1.54, 1.807) is 29.4 Å². The number of fused-ring (bicyclic) bond motifs is 1. The Morgan fingerprint density at radius 3 is 2.83 bits per heavy atom. The molecule has 5 nitrogen and oxygen atoms in total.